The number of hydrogen-bond donors (Lipinski definition) is 1. The third kappa shape index (κ3) is 2.72. The maximum Gasteiger partial charge on any atom is 0.240 e. The molecule has 0 aromatic heterocycles. The van der Waals surface area contributed by atoms with Crippen LogP contribution >= 0.6 is 0 Å². The van der Waals surface area contributed by atoms with Crippen LogP contribution in [0.2, 0.25) is 0 Å². The van der Waals surface area contributed by atoms with Crippen LogP contribution in [0.4, 0.5) is 0 Å². The van der Waals surface area contributed by atoms with Gasteiger partial charge in [0.15, 0.2) is 0 Å². The van der Waals surface area contributed by atoms with E-state index in [0.29, 0.717) is 6.42 Å². The highest BCUT2D eigenvalue weighted by Gasteiger charge is 2.38. The highest BCUT2D eigenvalue weighted by Crippen LogP contribution is 2.28. The average Bonchev–Trinajstić information content (AvgIpc) is 2.42. The summed E-state index contributed by atoms with van der Waals surface area (Å²) in [6.45, 7) is 4.24. The lowest BCUT2D eigenvalue weighted by molar-refractivity contribution is -0.136. The third-order valence-electron chi connectivity index (χ3n) is 2.67. The lowest BCUT2D eigenvalue weighted by Crippen LogP contribution is -2.46. The highest BCUT2D eigenvalue weighted by molar-refractivity contribution is 5.86. The molecule has 0 atom stereocenters. The molecule has 0 aliphatic carbocycles. The van der Waals surface area contributed by atoms with Gasteiger partial charge in [-0.1, -0.05) is 5.92 Å². The summed E-state index contributed by atoms with van der Waals surface area (Å²) in [7, 11) is 0. The van der Waals surface area contributed by atoms with E-state index in [1.165, 1.54) is 0 Å². The van der Waals surface area contributed by atoms with Crippen molar-refractivity contribution >= 4 is 11.8 Å². The number of carbonyl (C=O) groups is 2. The Morgan fingerprint density at radius 3 is 2.80 bits per heavy atom. The molecule has 1 rings (SSSR count). The van der Waals surface area contributed by atoms with Crippen LogP contribution in [0.5, 0.6) is 0 Å². The van der Waals surface area contributed by atoms with E-state index in [1.54, 1.807) is 4.90 Å². The molecule has 4 heteroatoms. The van der Waals surface area contributed by atoms with E-state index in [0.717, 1.165) is 6.42 Å². The minimum absolute atomic E-state index is 0.0378. The molecule has 0 aromatic carbocycles. The molecule has 0 unspecified atom stereocenters. The molecule has 0 bridgehead atoms. The van der Waals surface area contributed by atoms with Gasteiger partial charge >= 0.3 is 0 Å². The number of rotatable bonds is 3. The Morgan fingerprint density at radius 2 is 2.33 bits per heavy atom. The topological polar surface area (TPSA) is 49.4 Å². The van der Waals surface area contributed by atoms with Crippen molar-refractivity contribution in [2.75, 3.05) is 13.1 Å². The smallest absolute Gasteiger partial charge is 0.240 e. The fourth-order valence-corrected chi connectivity index (χ4v) is 1.67. The predicted molar refractivity (Wildman–Crippen MR) is 56.9 cm³/mol. The predicted octanol–water partition coefficient (Wildman–Crippen LogP) is 0.137. The molecule has 1 fully saturated rings. The van der Waals surface area contributed by atoms with Gasteiger partial charge in [-0.2, -0.15) is 0 Å². The molecular formula is C11H16N2O2. The Morgan fingerprint density at radius 1 is 1.67 bits per heavy atom. The van der Waals surface area contributed by atoms with Crippen LogP contribution in [-0.2, 0) is 9.59 Å². The second-order valence-electron chi connectivity index (χ2n) is 4.27. The van der Waals surface area contributed by atoms with Gasteiger partial charge in [0.25, 0.3) is 0 Å². The SMILES string of the molecule is C#CCNC(=O)CN1C(=O)CCC1(C)C. The van der Waals surface area contributed by atoms with Gasteiger partial charge in [0, 0.05) is 12.0 Å². The van der Waals surface area contributed by atoms with Crippen LogP contribution in [0.15, 0.2) is 0 Å². The van der Waals surface area contributed by atoms with Gasteiger partial charge in [-0.25, -0.2) is 0 Å². The molecule has 0 spiro atoms. The summed E-state index contributed by atoms with van der Waals surface area (Å²) in [6, 6.07) is 0. The molecule has 1 aliphatic rings. The van der Waals surface area contributed by atoms with Gasteiger partial charge < -0.3 is 10.2 Å². The van der Waals surface area contributed by atoms with Crippen molar-refractivity contribution in [3.63, 3.8) is 0 Å². The number of terminal acetylenes is 1. The standard InChI is InChI=1S/C11H16N2O2/c1-4-7-12-9(14)8-13-10(15)5-6-11(13,2)3/h1H,5-8H2,2-3H3,(H,12,14). The van der Waals surface area contributed by atoms with Crippen LogP contribution < -0.4 is 5.32 Å². The number of nitrogens with one attached hydrogen (secondary N) is 1. The van der Waals surface area contributed by atoms with Gasteiger partial charge in [-0.15, -0.1) is 6.42 Å². The minimum Gasteiger partial charge on any atom is -0.344 e. The van der Waals surface area contributed by atoms with Crippen LogP contribution in [0.25, 0.3) is 0 Å². The van der Waals surface area contributed by atoms with Crippen LogP contribution in [0, 0.1) is 12.3 Å². The molecule has 1 saturated heterocycles. The van der Waals surface area contributed by atoms with Crippen molar-refractivity contribution < 1.29 is 9.59 Å². The molecule has 0 aromatic rings. The molecule has 0 radical (unpaired) electrons. The molecule has 1 N–H and O–H groups in total. The average molecular weight is 208 g/mol. The summed E-state index contributed by atoms with van der Waals surface area (Å²) in [5.41, 5.74) is -0.218. The van der Waals surface area contributed by atoms with E-state index < -0.39 is 0 Å². The quantitative estimate of drug-likeness (QED) is 0.670. The van der Waals surface area contributed by atoms with E-state index in [1.807, 2.05) is 13.8 Å². The lowest BCUT2D eigenvalue weighted by atomic mass is 10.0. The van der Waals surface area contributed by atoms with E-state index in [4.69, 9.17) is 6.42 Å². The van der Waals surface area contributed by atoms with Crippen molar-refractivity contribution in [2.45, 2.75) is 32.2 Å². The zero-order chi connectivity index (χ0) is 11.5. The molecule has 1 heterocycles. The van der Waals surface area contributed by atoms with Crippen molar-refractivity contribution in [2.24, 2.45) is 0 Å². The van der Waals surface area contributed by atoms with Gasteiger partial charge in [0.05, 0.1) is 6.54 Å². The first-order valence-corrected chi connectivity index (χ1v) is 4.98. The maximum absolute atomic E-state index is 11.5. The van der Waals surface area contributed by atoms with Gasteiger partial charge in [0.1, 0.15) is 6.54 Å². The Kier molecular flexibility index (Phi) is 3.35. The zero-order valence-electron chi connectivity index (χ0n) is 9.17. The van der Waals surface area contributed by atoms with Crippen molar-refractivity contribution in [1.29, 1.82) is 0 Å². The summed E-state index contributed by atoms with van der Waals surface area (Å²) in [4.78, 5) is 24.5. The summed E-state index contributed by atoms with van der Waals surface area (Å²) in [5.74, 6) is 2.16. The normalized spacial score (nSPS) is 18.7. The van der Waals surface area contributed by atoms with E-state index in [-0.39, 0.29) is 30.4 Å². The fraction of sp³-hybridized carbons (Fsp3) is 0.636. The molecule has 2 amide bonds. The molecule has 4 nitrogen and oxygen atoms in total. The first-order valence-electron chi connectivity index (χ1n) is 4.98. The third-order valence-corrected chi connectivity index (χ3v) is 2.67. The van der Waals surface area contributed by atoms with Crippen molar-refractivity contribution in [3.05, 3.63) is 0 Å². The van der Waals surface area contributed by atoms with E-state index in [9.17, 15) is 9.59 Å². The van der Waals surface area contributed by atoms with Crippen LogP contribution in [-0.4, -0.2) is 35.3 Å². The number of hydrogen-bond acceptors (Lipinski definition) is 2. The van der Waals surface area contributed by atoms with E-state index in [2.05, 4.69) is 11.2 Å². The number of amides is 2. The Bertz CT molecular complexity index is 315. The summed E-state index contributed by atoms with van der Waals surface area (Å²) >= 11 is 0. The van der Waals surface area contributed by atoms with Gasteiger partial charge in [-0.05, 0) is 20.3 Å². The first-order chi connectivity index (χ1) is 6.97. The molecule has 15 heavy (non-hydrogen) atoms. The Labute approximate surface area is 90.0 Å². The highest BCUT2D eigenvalue weighted by atomic mass is 16.2. The second-order valence-corrected chi connectivity index (χ2v) is 4.27. The van der Waals surface area contributed by atoms with Gasteiger partial charge in [0.2, 0.25) is 11.8 Å². The minimum atomic E-state index is -0.218. The fourth-order valence-electron chi connectivity index (χ4n) is 1.67. The Hall–Kier alpha value is -1.50. The molecular weight excluding hydrogens is 192 g/mol. The summed E-state index contributed by atoms with van der Waals surface area (Å²) in [6.07, 6.45) is 6.34. The van der Waals surface area contributed by atoms with Crippen LogP contribution in [0.1, 0.15) is 26.7 Å². The monoisotopic (exact) mass is 208 g/mol. The summed E-state index contributed by atoms with van der Waals surface area (Å²) in [5, 5.41) is 2.55. The van der Waals surface area contributed by atoms with Gasteiger partial charge in [-0.3, -0.25) is 9.59 Å². The first kappa shape index (κ1) is 11.6. The number of carbonyl (C=O) groups excluding carboxylic acids is 2. The number of nitrogens with zero attached hydrogens (tertiary/aromatic N) is 1. The Balaban J connectivity index is 2.54. The lowest BCUT2D eigenvalue weighted by Gasteiger charge is -2.30. The van der Waals surface area contributed by atoms with Crippen molar-refractivity contribution in [1.82, 2.24) is 10.2 Å². The van der Waals surface area contributed by atoms with E-state index >= 15 is 0 Å². The second kappa shape index (κ2) is 4.35. The van der Waals surface area contributed by atoms with Crippen LogP contribution in [0.3, 0.4) is 0 Å². The van der Waals surface area contributed by atoms with Crippen molar-refractivity contribution in [3.8, 4) is 12.3 Å². The number of likely N-dealkylation sites (tertiary alicyclic amines) is 1. The summed E-state index contributed by atoms with van der Waals surface area (Å²) < 4.78 is 0. The largest absolute Gasteiger partial charge is 0.344 e. The maximum atomic E-state index is 11.5. The molecule has 1 aliphatic heterocycles. The molecule has 0 saturated carbocycles. The molecule has 82 valence electrons. The zero-order valence-corrected chi connectivity index (χ0v) is 9.17.